The van der Waals surface area contributed by atoms with E-state index in [-0.39, 0.29) is 5.41 Å². The lowest BCUT2D eigenvalue weighted by Crippen LogP contribution is -2.10. The Hall–Kier alpha value is -2.35. The molecule has 2 heteroatoms. The van der Waals surface area contributed by atoms with Gasteiger partial charge in [0.25, 0.3) is 0 Å². The molecule has 2 nitrogen and oxygen atoms in total. The number of nitrogens with zero attached hydrogens (tertiary/aromatic N) is 1. The molecule has 3 rings (SSSR count). The van der Waals surface area contributed by atoms with Crippen molar-refractivity contribution in [3.8, 4) is 22.6 Å². The maximum Gasteiger partial charge on any atom is 0.137 e. The predicted molar refractivity (Wildman–Crippen MR) is 88.2 cm³/mol. The minimum atomic E-state index is 0.182. The van der Waals surface area contributed by atoms with Crippen molar-refractivity contribution in [2.45, 2.75) is 26.2 Å². The van der Waals surface area contributed by atoms with Crippen molar-refractivity contribution in [1.29, 1.82) is 0 Å². The number of H-pyrrole nitrogens is 1. The fraction of sp³-hybridized carbons (Fsp3) is 0.211. The fourth-order valence-electron chi connectivity index (χ4n) is 2.36. The van der Waals surface area contributed by atoms with E-state index in [1.165, 1.54) is 5.56 Å². The highest BCUT2D eigenvalue weighted by Gasteiger charge is 2.13. The standard InChI is InChI=1S/C19H20N2/c1-19(2,3)16-11-9-14(10-12-16)17-13-20-18(21-17)15-7-5-4-6-8-15/h4-13H,1-3H3,(H,20,21). The Bertz CT molecular complexity index is 716. The van der Waals surface area contributed by atoms with Crippen LogP contribution >= 0.6 is 0 Å². The zero-order chi connectivity index (χ0) is 14.9. The van der Waals surface area contributed by atoms with Gasteiger partial charge in [-0.05, 0) is 16.5 Å². The minimum absolute atomic E-state index is 0.182. The average molecular weight is 276 g/mol. The summed E-state index contributed by atoms with van der Waals surface area (Å²) in [6.45, 7) is 6.68. The van der Waals surface area contributed by atoms with Crippen LogP contribution in [0.5, 0.6) is 0 Å². The van der Waals surface area contributed by atoms with Crippen molar-refractivity contribution in [3.05, 3.63) is 66.4 Å². The molecule has 2 aromatic carbocycles. The van der Waals surface area contributed by atoms with Crippen molar-refractivity contribution in [2.75, 3.05) is 0 Å². The highest BCUT2D eigenvalue weighted by Crippen LogP contribution is 2.26. The highest BCUT2D eigenvalue weighted by atomic mass is 14.9. The van der Waals surface area contributed by atoms with Gasteiger partial charge in [-0.1, -0.05) is 75.4 Å². The molecule has 0 saturated heterocycles. The third-order valence-corrected chi connectivity index (χ3v) is 3.68. The van der Waals surface area contributed by atoms with Gasteiger partial charge in [-0.3, -0.25) is 0 Å². The molecule has 0 aliphatic carbocycles. The van der Waals surface area contributed by atoms with Gasteiger partial charge in [-0.15, -0.1) is 0 Å². The van der Waals surface area contributed by atoms with E-state index in [9.17, 15) is 0 Å². The van der Waals surface area contributed by atoms with Crippen LogP contribution in [0.2, 0.25) is 0 Å². The van der Waals surface area contributed by atoms with E-state index in [4.69, 9.17) is 0 Å². The first-order chi connectivity index (χ1) is 10.0. The summed E-state index contributed by atoms with van der Waals surface area (Å²) >= 11 is 0. The average Bonchev–Trinajstić information content (AvgIpc) is 2.97. The summed E-state index contributed by atoms with van der Waals surface area (Å²) in [6.07, 6.45) is 1.90. The van der Waals surface area contributed by atoms with Gasteiger partial charge in [0.2, 0.25) is 0 Å². The molecular formula is C19H20N2. The van der Waals surface area contributed by atoms with Crippen LogP contribution < -0.4 is 0 Å². The number of benzene rings is 2. The summed E-state index contributed by atoms with van der Waals surface area (Å²) in [5.41, 5.74) is 4.85. The smallest absolute Gasteiger partial charge is 0.137 e. The van der Waals surface area contributed by atoms with Crippen LogP contribution in [0.25, 0.3) is 22.6 Å². The van der Waals surface area contributed by atoms with Gasteiger partial charge in [0.05, 0.1) is 11.9 Å². The fourth-order valence-corrected chi connectivity index (χ4v) is 2.36. The van der Waals surface area contributed by atoms with E-state index in [1.54, 1.807) is 0 Å². The molecule has 0 atom stereocenters. The van der Waals surface area contributed by atoms with Crippen molar-refractivity contribution >= 4 is 0 Å². The Morgan fingerprint density at radius 1 is 0.810 bits per heavy atom. The van der Waals surface area contributed by atoms with E-state index in [0.29, 0.717) is 0 Å². The molecule has 3 aromatic rings. The number of aromatic amines is 1. The van der Waals surface area contributed by atoms with Gasteiger partial charge < -0.3 is 4.98 Å². The Morgan fingerprint density at radius 3 is 2.10 bits per heavy atom. The summed E-state index contributed by atoms with van der Waals surface area (Å²) in [4.78, 5) is 7.87. The van der Waals surface area contributed by atoms with E-state index in [1.807, 2.05) is 24.4 Å². The largest absolute Gasteiger partial charge is 0.338 e. The van der Waals surface area contributed by atoms with Gasteiger partial charge in [-0.25, -0.2) is 4.98 Å². The van der Waals surface area contributed by atoms with Crippen LogP contribution in [0.15, 0.2) is 60.8 Å². The second kappa shape index (κ2) is 5.21. The van der Waals surface area contributed by atoms with E-state index < -0.39 is 0 Å². The first kappa shape index (κ1) is 13.6. The van der Waals surface area contributed by atoms with Crippen molar-refractivity contribution in [1.82, 2.24) is 9.97 Å². The molecule has 1 aromatic heterocycles. The van der Waals surface area contributed by atoms with Gasteiger partial charge in [0, 0.05) is 5.56 Å². The molecule has 1 heterocycles. The first-order valence-corrected chi connectivity index (χ1v) is 7.25. The van der Waals surface area contributed by atoms with Crippen molar-refractivity contribution in [2.24, 2.45) is 0 Å². The topological polar surface area (TPSA) is 28.7 Å². The van der Waals surface area contributed by atoms with Crippen LogP contribution in [0.3, 0.4) is 0 Å². The zero-order valence-corrected chi connectivity index (χ0v) is 12.7. The maximum absolute atomic E-state index is 4.48. The van der Waals surface area contributed by atoms with Crippen molar-refractivity contribution < 1.29 is 0 Å². The summed E-state index contributed by atoms with van der Waals surface area (Å²) in [7, 11) is 0. The summed E-state index contributed by atoms with van der Waals surface area (Å²) in [5, 5.41) is 0. The monoisotopic (exact) mass is 276 g/mol. The number of rotatable bonds is 2. The Morgan fingerprint density at radius 2 is 1.48 bits per heavy atom. The molecule has 0 spiro atoms. The SMILES string of the molecule is CC(C)(C)c1ccc(-c2cnc(-c3ccccc3)[nH]2)cc1. The zero-order valence-electron chi connectivity index (χ0n) is 12.7. The number of hydrogen-bond acceptors (Lipinski definition) is 1. The molecule has 0 bridgehead atoms. The molecule has 0 unspecified atom stereocenters. The molecule has 0 fully saturated rings. The number of hydrogen-bond donors (Lipinski definition) is 1. The minimum Gasteiger partial charge on any atom is -0.338 e. The van der Waals surface area contributed by atoms with Crippen LogP contribution in [-0.4, -0.2) is 9.97 Å². The lowest BCUT2D eigenvalue weighted by molar-refractivity contribution is 0.590. The quantitative estimate of drug-likeness (QED) is 0.697. The first-order valence-electron chi connectivity index (χ1n) is 7.25. The van der Waals surface area contributed by atoms with E-state index >= 15 is 0 Å². The molecule has 106 valence electrons. The lowest BCUT2D eigenvalue weighted by Gasteiger charge is -2.18. The summed E-state index contributed by atoms with van der Waals surface area (Å²) < 4.78 is 0. The number of nitrogens with one attached hydrogen (secondary N) is 1. The second-order valence-electron chi connectivity index (χ2n) is 6.34. The number of aromatic nitrogens is 2. The van der Waals surface area contributed by atoms with Gasteiger partial charge >= 0.3 is 0 Å². The van der Waals surface area contributed by atoms with E-state index in [2.05, 4.69) is 67.1 Å². The predicted octanol–water partition coefficient (Wildman–Crippen LogP) is 5.04. The molecule has 0 aliphatic rings. The third-order valence-electron chi connectivity index (χ3n) is 3.68. The van der Waals surface area contributed by atoms with Gasteiger partial charge in [0.15, 0.2) is 0 Å². The van der Waals surface area contributed by atoms with Crippen LogP contribution in [-0.2, 0) is 5.41 Å². The highest BCUT2D eigenvalue weighted by molar-refractivity contribution is 5.64. The lowest BCUT2D eigenvalue weighted by atomic mass is 9.86. The molecule has 1 N–H and O–H groups in total. The third kappa shape index (κ3) is 2.89. The molecule has 0 radical (unpaired) electrons. The molecular weight excluding hydrogens is 256 g/mol. The molecule has 0 aliphatic heterocycles. The Labute approximate surface area is 125 Å². The van der Waals surface area contributed by atoms with Crippen LogP contribution in [0, 0.1) is 0 Å². The van der Waals surface area contributed by atoms with E-state index in [0.717, 1.165) is 22.6 Å². The summed E-state index contributed by atoms with van der Waals surface area (Å²) in [5.74, 6) is 0.908. The Balaban J connectivity index is 1.90. The molecule has 21 heavy (non-hydrogen) atoms. The summed E-state index contributed by atoms with van der Waals surface area (Å²) in [6, 6.07) is 18.9. The van der Waals surface area contributed by atoms with Gasteiger partial charge in [-0.2, -0.15) is 0 Å². The second-order valence-corrected chi connectivity index (χ2v) is 6.34. The number of imidazole rings is 1. The molecule has 0 amide bonds. The molecule has 0 saturated carbocycles. The van der Waals surface area contributed by atoms with Crippen LogP contribution in [0.4, 0.5) is 0 Å². The normalized spacial score (nSPS) is 11.6. The van der Waals surface area contributed by atoms with Gasteiger partial charge in [0.1, 0.15) is 5.82 Å². The van der Waals surface area contributed by atoms with Crippen molar-refractivity contribution in [3.63, 3.8) is 0 Å². The maximum atomic E-state index is 4.48. The van der Waals surface area contributed by atoms with Crippen LogP contribution in [0.1, 0.15) is 26.3 Å². The Kier molecular flexibility index (Phi) is 3.38.